The second-order valence-corrected chi connectivity index (χ2v) is 5.97. The van der Waals surface area contributed by atoms with Crippen LogP contribution < -0.4 is 11.1 Å². The van der Waals surface area contributed by atoms with Crippen LogP contribution in [0.3, 0.4) is 0 Å². The highest BCUT2D eigenvalue weighted by molar-refractivity contribution is 5.77. The summed E-state index contributed by atoms with van der Waals surface area (Å²) in [6, 6.07) is 4.99. The molecular formula is C16H21F3N2O. The van der Waals surface area contributed by atoms with Crippen LogP contribution in [-0.2, 0) is 11.0 Å². The molecule has 2 rings (SSSR count). The second kappa shape index (κ2) is 6.69. The van der Waals surface area contributed by atoms with Crippen molar-refractivity contribution in [3.8, 4) is 0 Å². The van der Waals surface area contributed by atoms with E-state index >= 15 is 0 Å². The van der Waals surface area contributed by atoms with Gasteiger partial charge in [-0.05, 0) is 42.4 Å². The van der Waals surface area contributed by atoms with E-state index in [9.17, 15) is 18.0 Å². The van der Waals surface area contributed by atoms with Gasteiger partial charge in [0.2, 0.25) is 5.91 Å². The average molecular weight is 314 g/mol. The number of carbonyl (C=O) groups is 1. The number of nitrogens with two attached hydrogens (primary N) is 1. The van der Waals surface area contributed by atoms with Crippen molar-refractivity contribution in [3.63, 3.8) is 0 Å². The number of nitrogens with one attached hydrogen (secondary N) is 1. The van der Waals surface area contributed by atoms with Crippen LogP contribution in [0.2, 0.25) is 0 Å². The normalized spacial score (nSPS) is 17.9. The number of amides is 1. The maximum atomic E-state index is 12.5. The molecular weight excluding hydrogens is 293 g/mol. The van der Waals surface area contributed by atoms with Crippen molar-refractivity contribution < 1.29 is 18.0 Å². The van der Waals surface area contributed by atoms with Gasteiger partial charge in [-0.15, -0.1) is 0 Å². The smallest absolute Gasteiger partial charge is 0.352 e. The minimum absolute atomic E-state index is 0.0207. The first-order valence-electron chi connectivity index (χ1n) is 7.48. The highest BCUT2D eigenvalue weighted by Gasteiger charge is 2.32. The zero-order valence-corrected chi connectivity index (χ0v) is 12.5. The number of benzene rings is 1. The Hall–Kier alpha value is -1.56. The summed E-state index contributed by atoms with van der Waals surface area (Å²) in [5.74, 6) is 0.241. The highest BCUT2D eigenvalue weighted by atomic mass is 19.4. The van der Waals surface area contributed by atoms with Gasteiger partial charge in [0.05, 0.1) is 5.56 Å². The van der Waals surface area contributed by atoms with E-state index in [0.29, 0.717) is 12.5 Å². The van der Waals surface area contributed by atoms with Crippen LogP contribution in [0.5, 0.6) is 0 Å². The number of hydrogen-bond donors (Lipinski definition) is 2. The van der Waals surface area contributed by atoms with E-state index in [4.69, 9.17) is 5.73 Å². The zero-order chi connectivity index (χ0) is 16.3. The Labute approximate surface area is 128 Å². The minimum Gasteiger partial charge on any atom is -0.352 e. The number of rotatable bonds is 6. The summed E-state index contributed by atoms with van der Waals surface area (Å²) in [7, 11) is 0. The predicted octanol–water partition coefficient (Wildman–Crippen LogP) is 3.05. The van der Waals surface area contributed by atoms with Crippen molar-refractivity contribution in [1.29, 1.82) is 0 Å². The van der Waals surface area contributed by atoms with Gasteiger partial charge >= 0.3 is 6.18 Å². The standard InChI is InChI=1S/C16H21F3N2O/c1-10(8-15(22)21-14(9-20)12-2-3-12)11-4-6-13(7-5-11)16(17,18)19/h4-7,10,12,14H,2-3,8-9,20H2,1H3,(H,21,22). The van der Waals surface area contributed by atoms with Crippen LogP contribution in [0, 0.1) is 5.92 Å². The Morgan fingerprint density at radius 2 is 1.91 bits per heavy atom. The number of hydrogen-bond acceptors (Lipinski definition) is 2. The van der Waals surface area contributed by atoms with Crippen molar-refractivity contribution in [2.24, 2.45) is 11.7 Å². The third kappa shape index (κ3) is 4.47. The fourth-order valence-electron chi connectivity index (χ4n) is 2.53. The van der Waals surface area contributed by atoms with Gasteiger partial charge in [0.25, 0.3) is 0 Å². The fourth-order valence-corrected chi connectivity index (χ4v) is 2.53. The van der Waals surface area contributed by atoms with Gasteiger partial charge in [0.15, 0.2) is 0 Å². The molecule has 0 aromatic heterocycles. The lowest BCUT2D eigenvalue weighted by atomic mass is 9.96. The molecule has 1 aromatic rings. The molecule has 1 aliphatic rings. The summed E-state index contributed by atoms with van der Waals surface area (Å²) in [5.41, 5.74) is 5.69. The van der Waals surface area contributed by atoms with Crippen LogP contribution in [0.25, 0.3) is 0 Å². The molecule has 0 radical (unpaired) electrons. The van der Waals surface area contributed by atoms with Gasteiger partial charge in [0.1, 0.15) is 0 Å². The van der Waals surface area contributed by atoms with E-state index in [1.165, 1.54) is 12.1 Å². The number of halogens is 3. The summed E-state index contributed by atoms with van der Waals surface area (Å²) in [5, 5.41) is 2.92. The fraction of sp³-hybridized carbons (Fsp3) is 0.562. The molecule has 1 amide bonds. The molecule has 2 unspecified atom stereocenters. The number of alkyl halides is 3. The lowest BCUT2D eigenvalue weighted by molar-refractivity contribution is -0.137. The molecule has 3 N–H and O–H groups in total. The summed E-state index contributed by atoms with van der Waals surface area (Å²) in [6.07, 6.45) is -1.90. The van der Waals surface area contributed by atoms with Crippen LogP contribution in [0.15, 0.2) is 24.3 Å². The zero-order valence-electron chi connectivity index (χ0n) is 12.5. The molecule has 0 aliphatic heterocycles. The van der Waals surface area contributed by atoms with Gasteiger partial charge in [-0.2, -0.15) is 13.2 Å². The molecule has 0 saturated heterocycles. The van der Waals surface area contributed by atoms with Crippen molar-refractivity contribution in [3.05, 3.63) is 35.4 Å². The monoisotopic (exact) mass is 314 g/mol. The predicted molar refractivity (Wildman–Crippen MR) is 78.2 cm³/mol. The van der Waals surface area contributed by atoms with Gasteiger partial charge < -0.3 is 11.1 Å². The van der Waals surface area contributed by atoms with E-state index in [-0.39, 0.29) is 24.3 Å². The molecule has 0 bridgehead atoms. The molecule has 2 atom stereocenters. The second-order valence-electron chi connectivity index (χ2n) is 5.97. The van der Waals surface area contributed by atoms with Crippen molar-refractivity contribution >= 4 is 5.91 Å². The van der Waals surface area contributed by atoms with Crippen LogP contribution in [0.1, 0.15) is 43.2 Å². The molecule has 122 valence electrons. The van der Waals surface area contributed by atoms with Crippen molar-refractivity contribution in [2.75, 3.05) is 6.54 Å². The molecule has 1 saturated carbocycles. The first kappa shape index (κ1) is 16.8. The maximum Gasteiger partial charge on any atom is 0.416 e. The average Bonchev–Trinajstić information content (AvgIpc) is 3.28. The largest absolute Gasteiger partial charge is 0.416 e. The number of carbonyl (C=O) groups excluding carboxylic acids is 1. The van der Waals surface area contributed by atoms with E-state index in [0.717, 1.165) is 30.5 Å². The van der Waals surface area contributed by atoms with Crippen LogP contribution in [-0.4, -0.2) is 18.5 Å². The molecule has 1 aromatic carbocycles. The lowest BCUT2D eigenvalue weighted by Gasteiger charge is -2.18. The van der Waals surface area contributed by atoms with E-state index in [1.54, 1.807) is 0 Å². The summed E-state index contributed by atoms with van der Waals surface area (Å²) in [6.45, 7) is 2.25. The van der Waals surface area contributed by atoms with E-state index in [1.807, 2.05) is 6.92 Å². The molecule has 3 nitrogen and oxygen atoms in total. The Kier molecular flexibility index (Phi) is 5.11. The van der Waals surface area contributed by atoms with Crippen molar-refractivity contribution in [2.45, 2.75) is 44.3 Å². The SMILES string of the molecule is CC(CC(=O)NC(CN)C1CC1)c1ccc(C(F)(F)F)cc1. The van der Waals surface area contributed by atoms with E-state index < -0.39 is 11.7 Å². The lowest BCUT2D eigenvalue weighted by Crippen LogP contribution is -2.42. The Morgan fingerprint density at radius 3 is 2.36 bits per heavy atom. The Balaban J connectivity index is 1.90. The molecule has 6 heteroatoms. The van der Waals surface area contributed by atoms with Gasteiger partial charge in [-0.3, -0.25) is 4.79 Å². The summed E-state index contributed by atoms with van der Waals surface area (Å²) >= 11 is 0. The first-order chi connectivity index (χ1) is 10.3. The quantitative estimate of drug-likeness (QED) is 0.848. The van der Waals surface area contributed by atoms with Crippen LogP contribution >= 0.6 is 0 Å². The third-order valence-corrected chi connectivity index (χ3v) is 4.09. The van der Waals surface area contributed by atoms with Gasteiger partial charge in [-0.25, -0.2) is 0 Å². The molecule has 0 heterocycles. The summed E-state index contributed by atoms with van der Waals surface area (Å²) < 4.78 is 37.6. The third-order valence-electron chi connectivity index (χ3n) is 4.09. The minimum atomic E-state index is -4.34. The van der Waals surface area contributed by atoms with Crippen LogP contribution in [0.4, 0.5) is 13.2 Å². The Bertz CT molecular complexity index is 509. The first-order valence-corrected chi connectivity index (χ1v) is 7.48. The summed E-state index contributed by atoms with van der Waals surface area (Å²) in [4.78, 5) is 12.0. The maximum absolute atomic E-state index is 12.5. The van der Waals surface area contributed by atoms with Crippen molar-refractivity contribution in [1.82, 2.24) is 5.32 Å². The van der Waals surface area contributed by atoms with Gasteiger partial charge in [0, 0.05) is 19.0 Å². The Morgan fingerprint density at radius 1 is 1.32 bits per heavy atom. The molecule has 1 fully saturated rings. The van der Waals surface area contributed by atoms with Gasteiger partial charge in [-0.1, -0.05) is 19.1 Å². The highest BCUT2D eigenvalue weighted by Crippen LogP contribution is 2.33. The molecule has 0 spiro atoms. The molecule has 1 aliphatic carbocycles. The van der Waals surface area contributed by atoms with E-state index in [2.05, 4.69) is 5.32 Å². The topological polar surface area (TPSA) is 55.1 Å². The molecule has 22 heavy (non-hydrogen) atoms.